The first-order valence-electron chi connectivity index (χ1n) is 6.91. The molecule has 0 N–H and O–H groups in total. The number of benzene rings is 2. The number of tetrazole rings is 1. The van der Waals surface area contributed by atoms with Crippen LogP contribution in [0, 0.1) is 0 Å². The zero-order chi connectivity index (χ0) is 16.9. The van der Waals surface area contributed by atoms with E-state index >= 15 is 0 Å². The Morgan fingerprint density at radius 1 is 1.00 bits per heavy atom. The maximum absolute atomic E-state index is 13.0. The van der Waals surface area contributed by atoms with Gasteiger partial charge in [-0.3, -0.25) is 0 Å². The van der Waals surface area contributed by atoms with Gasteiger partial charge in [-0.25, -0.2) is 0 Å². The third-order valence-corrected chi connectivity index (χ3v) is 3.97. The van der Waals surface area contributed by atoms with E-state index in [4.69, 9.17) is 11.6 Å². The Morgan fingerprint density at radius 2 is 1.83 bits per heavy atom. The van der Waals surface area contributed by atoms with Gasteiger partial charge in [0.05, 0.1) is 11.1 Å². The molecule has 8 heteroatoms. The van der Waals surface area contributed by atoms with Crippen molar-refractivity contribution in [3.8, 4) is 11.1 Å². The van der Waals surface area contributed by atoms with Crippen LogP contribution >= 0.6 is 11.6 Å². The predicted octanol–water partition coefficient (Wildman–Crippen LogP) is 4.62. The number of rotatable bonds is 1. The molecular formula is C16H8ClF3N4. The maximum Gasteiger partial charge on any atom is 0.416 e. The van der Waals surface area contributed by atoms with E-state index < -0.39 is 11.7 Å². The molecule has 2 aromatic carbocycles. The lowest BCUT2D eigenvalue weighted by atomic mass is 10.0. The van der Waals surface area contributed by atoms with Crippen LogP contribution in [0.15, 0.2) is 48.5 Å². The van der Waals surface area contributed by atoms with Crippen molar-refractivity contribution in [2.24, 2.45) is 0 Å². The zero-order valence-electron chi connectivity index (χ0n) is 11.9. The Morgan fingerprint density at radius 3 is 2.62 bits per heavy atom. The number of hydrogen-bond acceptors (Lipinski definition) is 3. The van der Waals surface area contributed by atoms with Gasteiger partial charge >= 0.3 is 6.18 Å². The summed E-state index contributed by atoms with van der Waals surface area (Å²) in [5, 5.41) is 12.8. The fourth-order valence-electron chi connectivity index (χ4n) is 2.64. The molecule has 0 spiro atoms. The van der Waals surface area contributed by atoms with Crippen molar-refractivity contribution in [1.82, 2.24) is 20.0 Å². The Hall–Kier alpha value is -2.67. The van der Waals surface area contributed by atoms with Crippen LogP contribution < -0.4 is 0 Å². The number of pyridine rings is 1. The molecule has 4 nitrogen and oxygen atoms in total. The molecule has 2 aromatic heterocycles. The lowest BCUT2D eigenvalue weighted by Crippen LogP contribution is -2.04. The van der Waals surface area contributed by atoms with Crippen LogP contribution in [-0.4, -0.2) is 20.0 Å². The van der Waals surface area contributed by atoms with E-state index in [1.165, 1.54) is 10.6 Å². The van der Waals surface area contributed by atoms with E-state index in [1.807, 2.05) is 0 Å². The highest BCUT2D eigenvalue weighted by atomic mass is 35.5. The molecule has 0 saturated carbocycles. The largest absolute Gasteiger partial charge is 0.416 e. The maximum atomic E-state index is 13.0. The van der Waals surface area contributed by atoms with Gasteiger partial charge in [0.2, 0.25) is 0 Å². The molecule has 0 bridgehead atoms. The Balaban J connectivity index is 2.03. The molecule has 120 valence electrons. The summed E-state index contributed by atoms with van der Waals surface area (Å²) >= 11 is 6.01. The summed E-state index contributed by atoms with van der Waals surface area (Å²) in [6.07, 6.45) is -4.41. The summed E-state index contributed by atoms with van der Waals surface area (Å²) in [5.41, 5.74) is 1.23. The van der Waals surface area contributed by atoms with Gasteiger partial charge in [0.25, 0.3) is 0 Å². The van der Waals surface area contributed by atoms with Gasteiger partial charge < -0.3 is 0 Å². The minimum Gasteiger partial charge on any atom is -0.192 e. The second-order valence-corrected chi connectivity index (χ2v) is 5.69. The summed E-state index contributed by atoms with van der Waals surface area (Å²) in [4.78, 5) is 0. The first-order valence-corrected chi connectivity index (χ1v) is 7.29. The Labute approximate surface area is 138 Å². The van der Waals surface area contributed by atoms with Crippen LogP contribution in [0.5, 0.6) is 0 Å². The summed E-state index contributed by atoms with van der Waals surface area (Å²) < 4.78 is 40.4. The number of fused-ring (bicyclic) bond motifs is 3. The van der Waals surface area contributed by atoms with Crippen molar-refractivity contribution in [3.05, 3.63) is 59.1 Å². The lowest BCUT2D eigenvalue weighted by Gasteiger charge is -2.10. The standard InChI is InChI=1S/C16H8ClF3N4/c17-12-5-4-10-7-13(15-21-22-23-24(15)14(10)8-12)9-2-1-3-11(6-9)16(18,19)20/h1-8H. The lowest BCUT2D eigenvalue weighted by molar-refractivity contribution is -0.137. The topological polar surface area (TPSA) is 43.1 Å². The predicted molar refractivity (Wildman–Crippen MR) is 83.7 cm³/mol. The van der Waals surface area contributed by atoms with Crippen LogP contribution in [0.25, 0.3) is 27.7 Å². The smallest absolute Gasteiger partial charge is 0.192 e. The number of alkyl halides is 3. The second kappa shape index (κ2) is 5.17. The molecule has 4 aromatic rings. The number of halogens is 4. The van der Waals surface area contributed by atoms with Crippen LogP contribution in [0.3, 0.4) is 0 Å². The molecule has 4 rings (SSSR count). The highest BCUT2D eigenvalue weighted by Crippen LogP contribution is 2.34. The molecule has 0 amide bonds. The first kappa shape index (κ1) is 14.9. The fourth-order valence-corrected chi connectivity index (χ4v) is 2.80. The monoisotopic (exact) mass is 348 g/mol. The highest BCUT2D eigenvalue weighted by Gasteiger charge is 2.30. The van der Waals surface area contributed by atoms with E-state index in [2.05, 4.69) is 15.5 Å². The molecule has 0 fully saturated rings. The van der Waals surface area contributed by atoms with E-state index in [0.717, 1.165) is 17.5 Å². The first-order chi connectivity index (χ1) is 11.4. The third kappa shape index (κ3) is 2.37. The van der Waals surface area contributed by atoms with Crippen molar-refractivity contribution < 1.29 is 13.2 Å². The quantitative estimate of drug-likeness (QED) is 0.504. The number of aromatic nitrogens is 4. The van der Waals surface area contributed by atoms with E-state index in [1.54, 1.807) is 30.3 Å². The van der Waals surface area contributed by atoms with Gasteiger partial charge in [-0.1, -0.05) is 29.8 Å². The average molecular weight is 349 g/mol. The summed E-state index contributed by atoms with van der Waals surface area (Å²) in [5.74, 6) is 0. The highest BCUT2D eigenvalue weighted by molar-refractivity contribution is 6.31. The number of nitrogens with zero attached hydrogens (tertiary/aromatic N) is 4. The third-order valence-electron chi connectivity index (χ3n) is 3.73. The summed E-state index contributed by atoms with van der Waals surface area (Å²) in [7, 11) is 0. The number of hydrogen-bond donors (Lipinski definition) is 0. The van der Waals surface area contributed by atoms with Gasteiger partial charge in [-0.05, 0) is 46.3 Å². The van der Waals surface area contributed by atoms with Gasteiger partial charge in [-0.15, -0.1) is 5.10 Å². The molecule has 0 aliphatic heterocycles. The van der Waals surface area contributed by atoms with Crippen molar-refractivity contribution in [3.63, 3.8) is 0 Å². The molecule has 0 radical (unpaired) electrons. The van der Waals surface area contributed by atoms with Crippen molar-refractivity contribution >= 4 is 28.2 Å². The Kier molecular flexibility index (Phi) is 3.21. The van der Waals surface area contributed by atoms with Crippen LogP contribution in [0.4, 0.5) is 13.2 Å². The minimum atomic E-state index is -4.41. The Bertz CT molecular complexity index is 1070. The van der Waals surface area contributed by atoms with Crippen LogP contribution in [-0.2, 0) is 6.18 Å². The molecule has 24 heavy (non-hydrogen) atoms. The summed E-state index contributed by atoms with van der Waals surface area (Å²) in [6, 6.07) is 12.0. The summed E-state index contributed by atoms with van der Waals surface area (Å²) in [6.45, 7) is 0. The van der Waals surface area contributed by atoms with Gasteiger partial charge in [-0.2, -0.15) is 17.7 Å². The second-order valence-electron chi connectivity index (χ2n) is 5.25. The zero-order valence-corrected chi connectivity index (χ0v) is 12.7. The molecule has 0 unspecified atom stereocenters. The van der Waals surface area contributed by atoms with Crippen LogP contribution in [0.2, 0.25) is 5.02 Å². The molecule has 0 atom stereocenters. The molecule has 2 heterocycles. The van der Waals surface area contributed by atoms with E-state index in [-0.39, 0.29) is 0 Å². The van der Waals surface area contributed by atoms with Gasteiger partial charge in [0, 0.05) is 16.0 Å². The van der Waals surface area contributed by atoms with Gasteiger partial charge in [0.15, 0.2) is 5.65 Å². The molecule has 0 aliphatic carbocycles. The molecular weight excluding hydrogens is 341 g/mol. The van der Waals surface area contributed by atoms with Crippen molar-refractivity contribution in [1.29, 1.82) is 0 Å². The molecule has 0 saturated heterocycles. The average Bonchev–Trinajstić information content (AvgIpc) is 3.03. The van der Waals surface area contributed by atoms with Crippen LogP contribution in [0.1, 0.15) is 5.56 Å². The fraction of sp³-hybridized carbons (Fsp3) is 0.0625. The van der Waals surface area contributed by atoms with Crippen molar-refractivity contribution in [2.75, 3.05) is 0 Å². The molecule has 0 aliphatic rings. The van der Waals surface area contributed by atoms with E-state index in [0.29, 0.717) is 27.3 Å². The SMILES string of the molecule is FC(F)(F)c1cccc(-c2cc3ccc(Cl)cc3n3nnnc23)c1. The minimum absolute atomic E-state index is 0.365. The normalized spacial score (nSPS) is 12.2. The van der Waals surface area contributed by atoms with E-state index in [9.17, 15) is 13.2 Å². The van der Waals surface area contributed by atoms with Gasteiger partial charge in [0.1, 0.15) is 0 Å². The van der Waals surface area contributed by atoms with Crippen molar-refractivity contribution in [2.45, 2.75) is 6.18 Å².